The smallest absolute Gasteiger partial charge is 0.326 e. The summed E-state index contributed by atoms with van der Waals surface area (Å²) >= 11 is 4.14. The highest BCUT2D eigenvalue weighted by molar-refractivity contribution is 7.80. The molecule has 0 aliphatic heterocycles. The van der Waals surface area contributed by atoms with E-state index in [0.717, 1.165) is 6.42 Å². The van der Waals surface area contributed by atoms with Crippen molar-refractivity contribution >= 4 is 36.3 Å². The van der Waals surface area contributed by atoms with Gasteiger partial charge in [0.25, 0.3) is 0 Å². The number of nitrogens with two attached hydrogens (primary N) is 3. The lowest BCUT2D eigenvalue weighted by molar-refractivity contribution is -0.143. The lowest BCUT2D eigenvalue weighted by Gasteiger charge is -2.26. The van der Waals surface area contributed by atoms with E-state index in [2.05, 4.69) is 28.6 Å². The zero-order valence-electron chi connectivity index (χ0n) is 19.7. The second kappa shape index (κ2) is 17.6. The molecule has 0 fully saturated rings. The van der Waals surface area contributed by atoms with Crippen LogP contribution in [0.25, 0.3) is 0 Å². The van der Waals surface area contributed by atoms with Gasteiger partial charge >= 0.3 is 5.97 Å². The van der Waals surface area contributed by atoms with Crippen molar-refractivity contribution in [1.29, 1.82) is 0 Å². The van der Waals surface area contributed by atoms with E-state index < -0.39 is 47.9 Å². The van der Waals surface area contributed by atoms with Crippen LogP contribution in [0.5, 0.6) is 0 Å². The minimum absolute atomic E-state index is 0.00511. The van der Waals surface area contributed by atoms with Gasteiger partial charge in [-0.2, -0.15) is 12.6 Å². The normalized spacial score (nSPS) is 15.6. The quantitative estimate of drug-likeness (QED) is 0.0890. The van der Waals surface area contributed by atoms with Crippen molar-refractivity contribution < 1.29 is 24.3 Å². The topological polar surface area (TPSA) is 203 Å². The third-order valence-electron chi connectivity index (χ3n) is 5.48. The Balaban J connectivity index is 5.23. The van der Waals surface area contributed by atoms with Gasteiger partial charge in [0.2, 0.25) is 17.7 Å². The van der Waals surface area contributed by atoms with Gasteiger partial charge in [0.15, 0.2) is 0 Å². The molecule has 0 bridgehead atoms. The molecule has 0 saturated carbocycles. The molecule has 0 saturated heterocycles. The molecule has 5 unspecified atom stereocenters. The van der Waals surface area contributed by atoms with Crippen LogP contribution in [0.2, 0.25) is 0 Å². The Morgan fingerprint density at radius 2 is 1.36 bits per heavy atom. The first kappa shape index (κ1) is 31.1. The Bertz CT molecular complexity index is 624. The van der Waals surface area contributed by atoms with Gasteiger partial charge in [0.05, 0.1) is 6.04 Å². The van der Waals surface area contributed by atoms with Crippen LogP contribution >= 0.6 is 12.6 Å². The molecular weight excluding hydrogens is 448 g/mol. The summed E-state index contributed by atoms with van der Waals surface area (Å²) in [4.78, 5) is 49.5. The van der Waals surface area contributed by atoms with Gasteiger partial charge in [-0.1, -0.05) is 26.7 Å². The molecule has 0 aliphatic carbocycles. The standard InChI is InChI=1S/C21H42N6O5S/c1-3-13(2)17(21(31)32)27-19(29)15(9-5-7-11-23)25-20(30)16(12-33)26-18(28)14(24)8-4-6-10-22/h13-17,33H,3-12,22-24H2,1-2H3,(H,25,30)(H,26,28)(H,27,29)(H,31,32). The van der Waals surface area contributed by atoms with Crippen LogP contribution in [0, 0.1) is 5.92 Å². The number of unbranched alkanes of at least 4 members (excludes halogenated alkanes) is 2. The van der Waals surface area contributed by atoms with Crippen molar-refractivity contribution in [3.8, 4) is 0 Å². The van der Waals surface area contributed by atoms with E-state index >= 15 is 0 Å². The SMILES string of the molecule is CCC(C)C(NC(=O)C(CCCCN)NC(=O)C(CS)NC(=O)C(N)CCCCN)C(=O)O. The highest BCUT2D eigenvalue weighted by Crippen LogP contribution is 2.10. The van der Waals surface area contributed by atoms with Gasteiger partial charge < -0.3 is 38.3 Å². The largest absolute Gasteiger partial charge is 0.480 e. The second-order valence-corrected chi connectivity index (χ2v) is 8.56. The number of carboxylic acids is 1. The first-order valence-electron chi connectivity index (χ1n) is 11.5. The van der Waals surface area contributed by atoms with Crippen LogP contribution < -0.4 is 33.2 Å². The summed E-state index contributed by atoms with van der Waals surface area (Å²) in [5.41, 5.74) is 16.8. The number of carbonyl (C=O) groups excluding carboxylic acids is 3. The fourth-order valence-electron chi connectivity index (χ4n) is 3.08. The van der Waals surface area contributed by atoms with Gasteiger partial charge in [0, 0.05) is 5.75 Å². The second-order valence-electron chi connectivity index (χ2n) is 8.19. The van der Waals surface area contributed by atoms with Crippen LogP contribution in [0.4, 0.5) is 0 Å². The third-order valence-corrected chi connectivity index (χ3v) is 5.84. The van der Waals surface area contributed by atoms with Crippen molar-refractivity contribution in [2.75, 3.05) is 18.8 Å². The highest BCUT2D eigenvalue weighted by atomic mass is 32.1. The summed E-state index contributed by atoms with van der Waals surface area (Å²) in [6.45, 7) is 4.48. The van der Waals surface area contributed by atoms with Crippen molar-refractivity contribution in [2.45, 2.75) is 83.0 Å². The number of amides is 3. The molecule has 3 amide bonds. The lowest BCUT2D eigenvalue weighted by Crippen LogP contribution is -2.58. The zero-order chi connectivity index (χ0) is 25.4. The first-order valence-corrected chi connectivity index (χ1v) is 12.2. The van der Waals surface area contributed by atoms with E-state index in [-0.39, 0.29) is 18.1 Å². The van der Waals surface area contributed by atoms with E-state index in [9.17, 15) is 24.3 Å². The van der Waals surface area contributed by atoms with Crippen molar-refractivity contribution in [2.24, 2.45) is 23.1 Å². The third kappa shape index (κ3) is 12.2. The Hall–Kier alpha value is -1.89. The number of aliphatic carboxylic acids is 1. The average Bonchev–Trinajstić information content (AvgIpc) is 2.79. The van der Waals surface area contributed by atoms with Crippen LogP contribution in [0.3, 0.4) is 0 Å². The fraction of sp³-hybridized carbons (Fsp3) is 0.810. The molecule has 192 valence electrons. The molecule has 5 atom stereocenters. The van der Waals surface area contributed by atoms with Crippen LogP contribution in [-0.4, -0.2) is 71.8 Å². The number of hydrogen-bond acceptors (Lipinski definition) is 8. The van der Waals surface area contributed by atoms with Crippen molar-refractivity contribution in [3.05, 3.63) is 0 Å². The van der Waals surface area contributed by atoms with Gasteiger partial charge in [0.1, 0.15) is 18.1 Å². The van der Waals surface area contributed by atoms with Gasteiger partial charge in [-0.05, 0) is 51.1 Å². The summed E-state index contributed by atoms with van der Waals surface area (Å²) < 4.78 is 0. The van der Waals surface area contributed by atoms with Gasteiger partial charge in [-0.3, -0.25) is 14.4 Å². The molecule has 0 aromatic rings. The number of nitrogens with one attached hydrogen (secondary N) is 3. The molecule has 0 rings (SSSR count). The lowest BCUT2D eigenvalue weighted by atomic mass is 9.98. The van der Waals surface area contributed by atoms with Crippen LogP contribution in [0.1, 0.15) is 58.8 Å². The Morgan fingerprint density at radius 1 is 0.848 bits per heavy atom. The van der Waals surface area contributed by atoms with E-state index in [1.165, 1.54) is 0 Å². The number of hydrogen-bond donors (Lipinski definition) is 8. The molecular formula is C21H42N6O5S. The number of thiol groups is 1. The van der Waals surface area contributed by atoms with Gasteiger partial charge in [-0.25, -0.2) is 4.79 Å². The number of carbonyl (C=O) groups is 4. The molecule has 0 aromatic carbocycles. The van der Waals surface area contributed by atoms with Crippen LogP contribution in [0.15, 0.2) is 0 Å². The van der Waals surface area contributed by atoms with E-state index in [1.807, 2.05) is 6.92 Å². The van der Waals surface area contributed by atoms with E-state index in [0.29, 0.717) is 45.2 Å². The molecule has 0 aromatic heterocycles. The molecule has 0 spiro atoms. The minimum atomic E-state index is -1.14. The predicted molar refractivity (Wildman–Crippen MR) is 131 cm³/mol. The van der Waals surface area contributed by atoms with Crippen molar-refractivity contribution in [1.82, 2.24) is 16.0 Å². The zero-order valence-corrected chi connectivity index (χ0v) is 20.6. The molecule has 12 heteroatoms. The molecule has 10 N–H and O–H groups in total. The van der Waals surface area contributed by atoms with Gasteiger partial charge in [-0.15, -0.1) is 0 Å². The predicted octanol–water partition coefficient (Wildman–Crippen LogP) is -0.913. The van der Waals surface area contributed by atoms with E-state index in [1.54, 1.807) is 6.92 Å². The molecule has 33 heavy (non-hydrogen) atoms. The maximum atomic E-state index is 12.8. The average molecular weight is 491 g/mol. The highest BCUT2D eigenvalue weighted by Gasteiger charge is 2.31. The maximum Gasteiger partial charge on any atom is 0.326 e. The molecule has 0 aliphatic rings. The summed E-state index contributed by atoms with van der Waals surface area (Å²) in [6, 6.07) is -3.85. The summed E-state index contributed by atoms with van der Waals surface area (Å²) in [6.07, 6.45) is 3.88. The maximum absolute atomic E-state index is 12.8. The fourth-order valence-corrected chi connectivity index (χ4v) is 3.34. The van der Waals surface area contributed by atoms with Crippen molar-refractivity contribution in [3.63, 3.8) is 0 Å². The number of rotatable bonds is 18. The molecule has 0 radical (unpaired) electrons. The molecule has 11 nitrogen and oxygen atoms in total. The van der Waals surface area contributed by atoms with Crippen LogP contribution in [-0.2, 0) is 19.2 Å². The Labute approximate surface area is 201 Å². The monoisotopic (exact) mass is 490 g/mol. The minimum Gasteiger partial charge on any atom is -0.480 e. The Kier molecular flexibility index (Phi) is 16.6. The van der Waals surface area contributed by atoms with E-state index in [4.69, 9.17) is 17.2 Å². The summed E-state index contributed by atoms with van der Waals surface area (Å²) in [7, 11) is 0. The summed E-state index contributed by atoms with van der Waals surface area (Å²) in [5, 5.41) is 17.2. The number of carboxylic acid groups (broad SMARTS) is 1. The summed E-state index contributed by atoms with van der Waals surface area (Å²) in [5.74, 6) is -3.14. The Morgan fingerprint density at radius 3 is 1.85 bits per heavy atom. The molecule has 0 heterocycles. The first-order chi connectivity index (χ1) is 15.6.